The van der Waals surface area contributed by atoms with E-state index in [1.807, 2.05) is 0 Å². The van der Waals surface area contributed by atoms with Crippen LogP contribution >= 0.6 is 63.7 Å². The van der Waals surface area contributed by atoms with E-state index in [-0.39, 0.29) is 11.6 Å². The summed E-state index contributed by atoms with van der Waals surface area (Å²) in [5.74, 6) is -2.31. The van der Waals surface area contributed by atoms with Crippen molar-refractivity contribution in [2.24, 2.45) is 0 Å². The molecule has 4 atom stereocenters. The predicted octanol–water partition coefficient (Wildman–Crippen LogP) is 7.45. The normalized spacial score (nSPS) is 16.4. The van der Waals surface area contributed by atoms with Crippen LogP contribution in [0, 0.1) is 0 Å². The molecule has 0 aromatic heterocycles. The first-order chi connectivity index (χ1) is 15.2. The Labute approximate surface area is 231 Å². The Hall–Kier alpha value is 0.200. The molecule has 0 aliphatic rings. The van der Waals surface area contributed by atoms with Crippen molar-refractivity contribution < 1.29 is 29.4 Å². The van der Waals surface area contributed by atoms with E-state index in [1.165, 1.54) is 26.7 Å². The lowest BCUT2D eigenvalue weighted by molar-refractivity contribution is -0.139. The number of hydrogen-bond acceptors (Lipinski definition) is 4. The van der Waals surface area contributed by atoms with E-state index in [0.717, 1.165) is 44.9 Å². The highest BCUT2D eigenvalue weighted by atomic mass is 79.9. The van der Waals surface area contributed by atoms with Gasteiger partial charge in [0.05, 0.1) is 0 Å². The van der Waals surface area contributed by atoms with Gasteiger partial charge in [-0.15, -0.1) is 0 Å². The fourth-order valence-electron chi connectivity index (χ4n) is 3.15. The minimum absolute atomic E-state index is 0.141. The lowest BCUT2D eigenvalue weighted by Crippen LogP contribution is -2.43. The van der Waals surface area contributed by atoms with Gasteiger partial charge in [-0.25, -0.2) is 0 Å². The number of carbonyl (C=O) groups is 4. The summed E-state index contributed by atoms with van der Waals surface area (Å²) in [6, 6.07) is 0. The molecule has 0 radical (unpaired) electrons. The number of carbonyl (C=O) groups excluding carboxylic acids is 2. The summed E-state index contributed by atoms with van der Waals surface area (Å²) in [5, 5.41) is 17.9. The van der Waals surface area contributed by atoms with E-state index in [2.05, 4.69) is 77.6 Å². The van der Waals surface area contributed by atoms with Gasteiger partial charge in [0.25, 0.3) is 0 Å². The third-order valence-electron chi connectivity index (χ3n) is 5.45. The molecule has 0 spiro atoms. The monoisotopic (exact) mass is 726 g/mol. The van der Waals surface area contributed by atoms with Gasteiger partial charge in [0.2, 0.25) is 0 Å². The molecular weight excluding hydrogens is 692 g/mol. The van der Waals surface area contributed by atoms with Gasteiger partial charge in [-0.1, -0.05) is 135 Å². The smallest absolute Gasteiger partial charge is 0.319 e. The lowest BCUT2D eigenvalue weighted by atomic mass is 9.93. The Balaban J connectivity index is 0. The van der Waals surface area contributed by atoms with E-state index in [0.29, 0.717) is 12.8 Å². The van der Waals surface area contributed by atoms with Gasteiger partial charge < -0.3 is 10.2 Å². The molecule has 0 bridgehead atoms. The van der Waals surface area contributed by atoms with Crippen LogP contribution < -0.4 is 0 Å². The number of carboxylic acids is 2. The molecule has 2 N–H and O–H groups in total. The zero-order valence-electron chi connectivity index (χ0n) is 20.0. The van der Waals surface area contributed by atoms with E-state index in [1.54, 1.807) is 0 Å². The summed E-state index contributed by atoms with van der Waals surface area (Å²) in [6.45, 7) is 7.10. The maximum Gasteiger partial charge on any atom is 0.319 e. The van der Waals surface area contributed by atoms with Crippen molar-refractivity contribution in [2.75, 3.05) is 0 Å². The number of Topliss-reactive ketones (excluding diaryl/α,β-unsaturated/α-hetero) is 2. The van der Waals surface area contributed by atoms with E-state index >= 15 is 0 Å². The number of ketones is 2. The minimum Gasteiger partial charge on any atom is -0.480 e. The standard InChI is InChI=1S/C12H20Br2O3.C11H18Br2O3/c1-3-4-5-6-7-8-12(14,9(2)15)10(13)11(16)17;1-3-4-5-6-7-11(13,8(2)14)9(12)10(15)16/h10H,3-8H2,1-2H3,(H,16,17);9H,3-7H2,1-2H3,(H,15,16). The fourth-order valence-corrected chi connectivity index (χ4v) is 5.20. The van der Waals surface area contributed by atoms with Crippen LogP contribution in [0.1, 0.15) is 98.3 Å². The average Bonchev–Trinajstić information content (AvgIpc) is 2.75. The largest absolute Gasteiger partial charge is 0.480 e. The van der Waals surface area contributed by atoms with Crippen LogP contribution in [-0.2, 0) is 19.2 Å². The molecule has 0 amide bonds. The molecule has 0 rings (SSSR count). The number of carboxylic acid groups (broad SMARTS) is 2. The van der Waals surface area contributed by atoms with Crippen LogP contribution in [0.15, 0.2) is 0 Å². The molecule has 6 nitrogen and oxygen atoms in total. The third-order valence-corrected chi connectivity index (χ3v) is 11.8. The molecule has 4 unspecified atom stereocenters. The summed E-state index contributed by atoms with van der Waals surface area (Å²) >= 11 is 12.7. The summed E-state index contributed by atoms with van der Waals surface area (Å²) in [5.41, 5.74) is 0. The highest BCUT2D eigenvalue weighted by molar-refractivity contribution is 9.13. The third kappa shape index (κ3) is 13.2. The second kappa shape index (κ2) is 18.5. The lowest BCUT2D eigenvalue weighted by Gasteiger charge is -2.27. The Morgan fingerprint density at radius 3 is 1.15 bits per heavy atom. The highest BCUT2D eigenvalue weighted by Crippen LogP contribution is 2.36. The number of unbranched alkanes of at least 4 members (excludes halogenated alkanes) is 7. The number of halogens is 4. The molecule has 194 valence electrons. The zero-order valence-corrected chi connectivity index (χ0v) is 26.3. The van der Waals surface area contributed by atoms with Gasteiger partial charge in [-0.05, 0) is 26.7 Å². The maximum atomic E-state index is 11.6. The average molecular weight is 730 g/mol. The number of hydrogen-bond donors (Lipinski definition) is 2. The van der Waals surface area contributed by atoms with Crippen molar-refractivity contribution in [3.63, 3.8) is 0 Å². The molecular formula is C23H38Br4O6. The Morgan fingerprint density at radius 2 is 0.909 bits per heavy atom. The topological polar surface area (TPSA) is 109 Å². The molecule has 0 saturated carbocycles. The number of rotatable bonds is 17. The number of aliphatic carboxylic acids is 2. The summed E-state index contributed by atoms with van der Waals surface area (Å²) in [4.78, 5) is 43.2. The second-order valence-corrected chi connectivity index (χ2v) is 12.9. The first kappa shape index (κ1) is 35.4. The number of alkyl halides is 4. The van der Waals surface area contributed by atoms with Gasteiger partial charge >= 0.3 is 11.9 Å². The quantitative estimate of drug-likeness (QED) is 0.119. The van der Waals surface area contributed by atoms with Crippen molar-refractivity contribution in [1.29, 1.82) is 0 Å². The van der Waals surface area contributed by atoms with Crippen LogP contribution in [0.2, 0.25) is 0 Å². The van der Waals surface area contributed by atoms with Crippen LogP contribution in [0.5, 0.6) is 0 Å². The van der Waals surface area contributed by atoms with Crippen molar-refractivity contribution >= 4 is 87.2 Å². The molecule has 0 aromatic carbocycles. The van der Waals surface area contributed by atoms with Crippen LogP contribution in [-0.4, -0.2) is 52.0 Å². The summed E-state index contributed by atoms with van der Waals surface area (Å²) < 4.78 is -1.96. The Kier molecular flexibility index (Phi) is 19.8. The van der Waals surface area contributed by atoms with Crippen LogP contribution in [0.4, 0.5) is 0 Å². The van der Waals surface area contributed by atoms with Crippen LogP contribution in [0.25, 0.3) is 0 Å². The first-order valence-corrected chi connectivity index (χ1v) is 14.8. The zero-order chi connectivity index (χ0) is 26.2. The minimum atomic E-state index is -1.01. The Bertz CT molecular complexity index is 630. The van der Waals surface area contributed by atoms with Crippen LogP contribution in [0.3, 0.4) is 0 Å². The predicted molar refractivity (Wildman–Crippen MR) is 148 cm³/mol. The van der Waals surface area contributed by atoms with E-state index in [4.69, 9.17) is 10.2 Å². The molecule has 0 fully saturated rings. The van der Waals surface area contributed by atoms with Crippen molar-refractivity contribution in [1.82, 2.24) is 0 Å². The van der Waals surface area contributed by atoms with Gasteiger partial charge in [0, 0.05) is 0 Å². The molecule has 0 saturated heterocycles. The SMILES string of the molecule is CCCCCCC(Br)(C(C)=O)C(Br)C(=O)O.CCCCCCCC(Br)(C(C)=O)C(Br)C(=O)O. The molecule has 0 heterocycles. The van der Waals surface area contributed by atoms with Gasteiger partial charge in [-0.2, -0.15) is 0 Å². The van der Waals surface area contributed by atoms with Crippen molar-refractivity contribution in [3.8, 4) is 0 Å². The molecule has 0 aliphatic heterocycles. The first-order valence-electron chi connectivity index (χ1n) is 11.4. The van der Waals surface area contributed by atoms with Crippen molar-refractivity contribution in [3.05, 3.63) is 0 Å². The van der Waals surface area contributed by atoms with E-state index < -0.39 is 30.2 Å². The summed E-state index contributed by atoms with van der Waals surface area (Å²) in [7, 11) is 0. The Morgan fingerprint density at radius 1 is 0.636 bits per heavy atom. The van der Waals surface area contributed by atoms with E-state index in [9.17, 15) is 19.2 Å². The maximum absolute atomic E-state index is 11.6. The highest BCUT2D eigenvalue weighted by Gasteiger charge is 2.44. The summed E-state index contributed by atoms with van der Waals surface area (Å²) in [6.07, 6.45) is 10.6. The van der Waals surface area contributed by atoms with Gasteiger partial charge in [0.15, 0.2) is 0 Å². The second-order valence-electron chi connectivity index (χ2n) is 8.21. The molecule has 10 heteroatoms. The fraction of sp³-hybridized carbons (Fsp3) is 0.826. The molecule has 0 aliphatic carbocycles. The molecule has 33 heavy (non-hydrogen) atoms. The van der Waals surface area contributed by atoms with Gasteiger partial charge in [0.1, 0.15) is 29.9 Å². The molecule has 0 aromatic rings. The van der Waals surface area contributed by atoms with Gasteiger partial charge in [-0.3, -0.25) is 19.2 Å². The van der Waals surface area contributed by atoms with Crippen molar-refractivity contribution in [2.45, 2.75) is 117 Å².